The van der Waals surface area contributed by atoms with Crippen molar-refractivity contribution in [3.63, 3.8) is 0 Å². The summed E-state index contributed by atoms with van der Waals surface area (Å²) in [5.74, 6) is 0.802. The second kappa shape index (κ2) is 7.60. The van der Waals surface area contributed by atoms with E-state index in [1.807, 2.05) is 11.3 Å². The molecule has 2 rings (SSSR count). The Morgan fingerprint density at radius 2 is 2.11 bits per heavy atom. The van der Waals surface area contributed by atoms with Crippen LogP contribution in [0.5, 0.6) is 0 Å². The summed E-state index contributed by atoms with van der Waals surface area (Å²) in [7, 11) is -0.172. The van der Waals surface area contributed by atoms with Gasteiger partial charge in [0.2, 0.25) is 0 Å². The van der Waals surface area contributed by atoms with E-state index in [9.17, 15) is 0 Å². The maximum absolute atomic E-state index is 6.12. The van der Waals surface area contributed by atoms with Gasteiger partial charge in [-0.1, -0.05) is 45.2 Å². The summed E-state index contributed by atoms with van der Waals surface area (Å²) in [6.07, 6.45) is 9.44. The fourth-order valence-electron chi connectivity index (χ4n) is 3.49. The summed E-state index contributed by atoms with van der Waals surface area (Å²) in [6, 6.07) is 4.43. The fraction of sp³-hybridized carbons (Fsp3) is 0.750. The Morgan fingerprint density at radius 3 is 2.74 bits per heavy atom. The van der Waals surface area contributed by atoms with E-state index >= 15 is 0 Å². The Kier molecular flexibility index (Phi) is 6.11. The molecule has 0 aromatic carbocycles. The summed E-state index contributed by atoms with van der Waals surface area (Å²) in [6.45, 7) is 5.73. The maximum Gasteiger partial charge on any atom is 0.0975 e. The van der Waals surface area contributed by atoms with E-state index in [4.69, 9.17) is 4.74 Å². The van der Waals surface area contributed by atoms with Gasteiger partial charge in [-0.15, -0.1) is 0 Å². The molecule has 19 heavy (non-hydrogen) atoms. The molecule has 0 atom stereocenters. The highest BCUT2D eigenvalue weighted by Crippen LogP contribution is 2.41. The Morgan fingerprint density at radius 1 is 1.32 bits per heavy atom. The first-order valence-corrected chi connectivity index (χ1v) is 10.4. The van der Waals surface area contributed by atoms with E-state index in [1.165, 1.54) is 38.5 Å². The third-order valence-corrected chi connectivity index (χ3v) is 7.30. The quantitative estimate of drug-likeness (QED) is 0.553. The fourth-order valence-corrected chi connectivity index (χ4v) is 5.78. The van der Waals surface area contributed by atoms with Crippen LogP contribution in [-0.4, -0.2) is 22.4 Å². The zero-order chi connectivity index (χ0) is 13.6. The molecular weight excluding hydrogens is 268 g/mol. The number of hydrogen-bond acceptors (Lipinski definition) is 2. The van der Waals surface area contributed by atoms with Crippen LogP contribution in [0.25, 0.3) is 0 Å². The van der Waals surface area contributed by atoms with Gasteiger partial charge < -0.3 is 4.74 Å². The molecule has 1 fully saturated rings. The van der Waals surface area contributed by atoms with E-state index in [2.05, 4.69) is 31.4 Å². The van der Waals surface area contributed by atoms with Crippen molar-refractivity contribution in [2.75, 3.05) is 12.8 Å². The molecule has 3 heteroatoms. The lowest BCUT2D eigenvalue weighted by atomic mass is 9.70. The van der Waals surface area contributed by atoms with Crippen molar-refractivity contribution in [2.24, 2.45) is 11.3 Å². The standard InChI is InChI=1S/C16H28OSSi/c1-14(2)11-16(8-4-3-5-9-16)12-17-13-19-15-7-6-10-18-15/h6-7,10,14H,3-5,8-9,11-13,19H2,1-2H3. The number of rotatable bonds is 7. The molecule has 0 spiro atoms. The van der Waals surface area contributed by atoms with Crippen LogP contribution in [0.1, 0.15) is 52.4 Å². The zero-order valence-electron chi connectivity index (χ0n) is 12.5. The summed E-state index contributed by atoms with van der Waals surface area (Å²) in [5, 5.41) is 2.18. The second-order valence-corrected chi connectivity index (χ2v) is 9.76. The van der Waals surface area contributed by atoms with Crippen molar-refractivity contribution >= 4 is 25.4 Å². The van der Waals surface area contributed by atoms with Gasteiger partial charge in [0, 0.05) is 6.23 Å². The molecule has 0 amide bonds. The van der Waals surface area contributed by atoms with Crippen LogP contribution >= 0.6 is 11.3 Å². The molecule has 1 aromatic rings. The molecule has 1 nitrogen and oxygen atoms in total. The van der Waals surface area contributed by atoms with Crippen molar-refractivity contribution in [1.29, 1.82) is 0 Å². The minimum Gasteiger partial charge on any atom is -0.384 e. The van der Waals surface area contributed by atoms with Gasteiger partial charge in [-0.05, 0) is 40.5 Å². The normalized spacial score (nSPS) is 19.5. The van der Waals surface area contributed by atoms with E-state index in [-0.39, 0.29) is 9.52 Å². The first-order chi connectivity index (χ1) is 9.20. The topological polar surface area (TPSA) is 9.23 Å². The predicted octanol–water partition coefficient (Wildman–Crippen LogP) is 3.51. The highest BCUT2D eigenvalue weighted by atomic mass is 32.1. The predicted molar refractivity (Wildman–Crippen MR) is 88.3 cm³/mol. The van der Waals surface area contributed by atoms with E-state index in [1.54, 1.807) is 4.50 Å². The largest absolute Gasteiger partial charge is 0.384 e. The van der Waals surface area contributed by atoms with Crippen LogP contribution < -0.4 is 4.50 Å². The number of hydrogen-bond donors (Lipinski definition) is 0. The van der Waals surface area contributed by atoms with Crippen LogP contribution in [0, 0.1) is 11.3 Å². The van der Waals surface area contributed by atoms with Gasteiger partial charge >= 0.3 is 0 Å². The van der Waals surface area contributed by atoms with Crippen molar-refractivity contribution < 1.29 is 4.74 Å². The molecule has 1 aliphatic rings. The van der Waals surface area contributed by atoms with Crippen LogP contribution in [-0.2, 0) is 4.74 Å². The second-order valence-electron chi connectivity index (χ2n) is 6.54. The molecule has 0 bridgehead atoms. The van der Waals surface area contributed by atoms with Crippen molar-refractivity contribution in [3.05, 3.63) is 17.5 Å². The van der Waals surface area contributed by atoms with Gasteiger partial charge in [-0.25, -0.2) is 0 Å². The van der Waals surface area contributed by atoms with Crippen LogP contribution in [0.4, 0.5) is 0 Å². The smallest absolute Gasteiger partial charge is 0.0975 e. The van der Waals surface area contributed by atoms with Gasteiger partial charge in [0.25, 0.3) is 0 Å². The summed E-state index contributed by atoms with van der Waals surface area (Å²) in [5.41, 5.74) is 0.510. The highest BCUT2D eigenvalue weighted by Gasteiger charge is 2.32. The molecule has 0 unspecified atom stereocenters. The van der Waals surface area contributed by atoms with Gasteiger partial charge in [0.1, 0.15) is 0 Å². The Balaban J connectivity index is 1.76. The van der Waals surface area contributed by atoms with Crippen LogP contribution in [0.3, 0.4) is 0 Å². The van der Waals surface area contributed by atoms with Gasteiger partial charge in [-0.2, -0.15) is 11.3 Å². The Bertz CT molecular complexity index is 342. The minimum absolute atomic E-state index is 0.172. The molecular formula is C16H28OSSi. The van der Waals surface area contributed by atoms with Gasteiger partial charge in [0.15, 0.2) is 0 Å². The third kappa shape index (κ3) is 5.05. The molecule has 0 N–H and O–H groups in total. The lowest BCUT2D eigenvalue weighted by molar-refractivity contribution is 0.0240. The van der Waals surface area contributed by atoms with Crippen LogP contribution in [0.2, 0.25) is 0 Å². The SMILES string of the molecule is CC(C)CC1(COC[SiH2]c2cccs2)CCCCC1. The van der Waals surface area contributed by atoms with Crippen molar-refractivity contribution in [1.82, 2.24) is 0 Å². The Hall–Kier alpha value is -0.123. The molecule has 1 heterocycles. The molecule has 1 saturated carbocycles. The number of ether oxygens (including phenoxy) is 1. The molecule has 0 radical (unpaired) electrons. The number of thiophene rings is 1. The average molecular weight is 297 g/mol. The maximum atomic E-state index is 6.12. The van der Waals surface area contributed by atoms with E-state index in [0.29, 0.717) is 5.41 Å². The first kappa shape index (κ1) is 15.3. The lowest BCUT2D eigenvalue weighted by Gasteiger charge is -2.38. The van der Waals surface area contributed by atoms with Crippen molar-refractivity contribution in [2.45, 2.75) is 52.4 Å². The highest BCUT2D eigenvalue weighted by molar-refractivity contribution is 7.19. The molecule has 0 saturated heterocycles. The summed E-state index contributed by atoms with van der Waals surface area (Å²) >= 11 is 1.90. The van der Waals surface area contributed by atoms with Gasteiger partial charge in [-0.3, -0.25) is 0 Å². The molecule has 0 aliphatic heterocycles. The Labute approximate surface area is 124 Å². The average Bonchev–Trinajstić information content (AvgIpc) is 2.88. The lowest BCUT2D eigenvalue weighted by Crippen LogP contribution is -2.32. The molecule has 108 valence electrons. The van der Waals surface area contributed by atoms with E-state index < -0.39 is 0 Å². The monoisotopic (exact) mass is 296 g/mol. The van der Waals surface area contributed by atoms with Gasteiger partial charge in [0.05, 0.1) is 16.1 Å². The first-order valence-electron chi connectivity index (χ1n) is 7.80. The summed E-state index contributed by atoms with van der Waals surface area (Å²) < 4.78 is 7.70. The van der Waals surface area contributed by atoms with Crippen molar-refractivity contribution in [3.8, 4) is 0 Å². The third-order valence-electron chi connectivity index (χ3n) is 4.24. The molecule has 1 aromatic heterocycles. The molecule has 1 aliphatic carbocycles. The minimum atomic E-state index is -0.172. The summed E-state index contributed by atoms with van der Waals surface area (Å²) in [4.78, 5) is 0. The zero-order valence-corrected chi connectivity index (χ0v) is 14.7. The van der Waals surface area contributed by atoms with E-state index in [0.717, 1.165) is 18.8 Å². The van der Waals surface area contributed by atoms with Crippen LogP contribution in [0.15, 0.2) is 17.5 Å².